The van der Waals surface area contributed by atoms with Crippen molar-refractivity contribution in [1.29, 1.82) is 5.41 Å². The first-order valence-corrected chi connectivity index (χ1v) is 12.0. The monoisotopic (exact) mass is 467 g/mol. The van der Waals surface area contributed by atoms with Crippen LogP contribution >= 0.6 is 11.3 Å². The number of anilines is 1. The lowest BCUT2D eigenvalue weighted by atomic mass is 10.1. The molecule has 34 heavy (non-hydrogen) atoms. The highest BCUT2D eigenvalue weighted by Crippen LogP contribution is 2.35. The Hall–Kier alpha value is -3.90. The van der Waals surface area contributed by atoms with Gasteiger partial charge in [0, 0.05) is 22.7 Å². The first-order chi connectivity index (χ1) is 16.5. The molecule has 0 fully saturated rings. The van der Waals surface area contributed by atoms with Gasteiger partial charge in [0.2, 0.25) is 0 Å². The van der Waals surface area contributed by atoms with Crippen molar-refractivity contribution >= 4 is 28.4 Å². The van der Waals surface area contributed by atoms with Gasteiger partial charge in [-0.05, 0) is 48.7 Å². The summed E-state index contributed by atoms with van der Waals surface area (Å²) in [6, 6.07) is 23.9. The molecule has 0 saturated heterocycles. The van der Waals surface area contributed by atoms with Crippen molar-refractivity contribution in [2.24, 2.45) is 0 Å². The predicted molar refractivity (Wildman–Crippen MR) is 139 cm³/mol. The van der Waals surface area contributed by atoms with Crippen molar-refractivity contribution in [2.45, 2.75) is 20.5 Å². The minimum absolute atomic E-state index is 0.154. The van der Waals surface area contributed by atoms with Crippen LogP contribution in [0.1, 0.15) is 21.7 Å². The molecule has 1 aromatic heterocycles. The molecule has 4 aromatic rings. The SMILES string of the molecule is Cc1ccc(-c2csc(C3=C(O)CN(c4cccc(OCc5ccccc5)c4)C3=N)n2)cc1C. The molecule has 0 radical (unpaired) electrons. The summed E-state index contributed by atoms with van der Waals surface area (Å²) in [6.07, 6.45) is 0. The van der Waals surface area contributed by atoms with Crippen LogP contribution in [0.5, 0.6) is 5.75 Å². The zero-order valence-electron chi connectivity index (χ0n) is 19.1. The number of thiazole rings is 1. The van der Waals surface area contributed by atoms with Gasteiger partial charge in [-0.25, -0.2) is 4.98 Å². The zero-order valence-corrected chi connectivity index (χ0v) is 19.9. The molecule has 0 atom stereocenters. The molecule has 0 saturated carbocycles. The van der Waals surface area contributed by atoms with Crippen molar-refractivity contribution < 1.29 is 9.84 Å². The van der Waals surface area contributed by atoms with E-state index in [0.717, 1.165) is 22.5 Å². The molecule has 2 N–H and O–H groups in total. The smallest absolute Gasteiger partial charge is 0.139 e. The second-order valence-corrected chi connectivity index (χ2v) is 9.22. The quantitative estimate of drug-likeness (QED) is 0.328. The van der Waals surface area contributed by atoms with Gasteiger partial charge in [-0.2, -0.15) is 0 Å². The molecule has 1 aliphatic heterocycles. The maximum atomic E-state index is 10.8. The Morgan fingerprint density at radius 3 is 2.62 bits per heavy atom. The van der Waals surface area contributed by atoms with Gasteiger partial charge in [-0.15, -0.1) is 11.3 Å². The molecule has 0 amide bonds. The number of aliphatic hydroxyl groups is 1. The summed E-state index contributed by atoms with van der Waals surface area (Å²) in [5.41, 5.74) is 6.71. The minimum atomic E-state index is 0.154. The molecule has 2 heterocycles. The van der Waals surface area contributed by atoms with E-state index in [-0.39, 0.29) is 18.1 Å². The lowest BCUT2D eigenvalue weighted by molar-refractivity contribution is 0.306. The molecular weight excluding hydrogens is 442 g/mol. The number of benzene rings is 3. The highest BCUT2D eigenvalue weighted by atomic mass is 32.1. The number of amidine groups is 1. The van der Waals surface area contributed by atoms with Gasteiger partial charge < -0.3 is 14.7 Å². The van der Waals surface area contributed by atoms with Crippen LogP contribution < -0.4 is 9.64 Å². The Labute approximate surface area is 203 Å². The van der Waals surface area contributed by atoms with Gasteiger partial charge in [0.05, 0.1) is 17.8 Å². The summed E-state index contributed by atoms with van der Waals surface area (Å²) in [5.74, 6) is 1.11. The standard InChI is InChI=1S/C28H25N3O2S/c1-18-11-12-21(13-19(18)2)24-17-34-28(30-24)26-25(32)15-31(27(26)29)22-9-6-10-23(14-22)33-16-20-7-4-3-5-8-20/h3-14,17,29,32H,15-16H2,1-2H3. The topological polar surface area (TPSA) is 69.4 Å². The average Bonchev–Trinajstić information content (AvgIpc) is 3.44. The first-order valence-electron chi connectivity index (χ1n) is 11.1. The van der Waals surface area contributed by atoms with E-state index in [9.17, 15) is 5.11 Å². The molecule has 0 aliphatic carbocycles. The maximum absolute atomic E-state index is 10.8. The van der Waals surface area contributed by atoms with Gasteiger partial charge in [-0.1, -0.05) is 48.5 Å². The number of ether oxygens (including phenoxy) is 1. The van der Waals surface area contributed by atoms with Crippen LogP contribution in [0.25, 0.3) is 16.8 Å². The average molecular weight is 468 g/mol. The Bertz CT molecular complexity index is 1390. The fraction of sp³-hybridized carbons (Fsp3) is 0.143. The van der Waals surface area contributed by atoms with Gasteiger partial charge in [0.15, 0.2) is 0 Å². The zero-order chi connectivity index (χ0) is 23.7. The fourth-order valence-corrected chi connectivity index (χ4v) is 4.82. The number of nitrogens with zero attached hydrogens (tertiary/aromatic N) is 2. The van der Waals surface area contributed by atoms with Gasteiger partial charge >= 0.3 is 0 Å². The number of aromatic nitrogens is 1. The summed E-state index contributed by atoms with van der Waals surface area (Å²) in [6.45, 7) is 4.87. The Morgan fingerprint density at radius 2 is 1.82 bits per heavy atom. The number of aryl methyl sites for hydroxylation is 2. The van der Waals surface area contributed by atoms with Crippen LogP contribution in [0.3, 0.4) is 0 Å². The number of aliphatic hydroxyl groups excluding tert-OH is 1. The normalized spacial score (nSPS) is 13.6. The van der Waals surface area contributed by atoms with Crippen molar-refractivity contribution in [3.63, 3.8) is 0 Å². The molecule has 0 unspecified atom stereocenters. The number of hydrogen-bond donors (Lipinski definition) is 2. The van der Waals surface area contributed by atoms with E-state index in [0.29, 0.717) is 22.9 Å². The van der Waals surface area contributed by atoms with E-state index in [1.807, 2.05) is 60.0 Å². The first kappa shape index (κ1) is 21.9. The third-order valence-corrected chi connectivity index (χ3v) is 6.86. The lowest BCUT2D eigenvalue weighted by Gasteiger charge is -2.19. The molecule has 0 spiro atoms. The third-order valence-electron chi connectivity index (χ3n) is 6.00. The Morgan fingerprint density at radius 1 is 1.00 bits per heavy atom. The van der Waals surface area contributed by atoms with Crippen LogP contribution in [0.2, 0.25) is 0 Å². The number of rotatable bonds is 6. The van der Waals surface area contributed by atoms with Crippen LogP contribution in [-0.4, -0.2) is 22.5 Å². The second-order valence-electron chi connectivity index (χ2n) is 8.37. The summed E-state index contributed by atoms with van der Waals surface area (Å²) in [4.78, 5) is 6.53. The minimum Gasteiger partial charge on any atom is -0.510 e. The second kappa shape index (κ2) is 9.15. The molecule has 5 rings (SSSR count). The summed E-state index contributed by atoms with van der Waals surface area (Å²) >= 11 is 1.44. The summed E-state index contributed by atoms with van der Waals surface area (Å²) in [7, 11) is 0. The fourth-order valence-electron chi connectivity index (χ4n) is 3.93. The molecule has 0 bridgehead atoms. The highest BCUT2D eigenvalue weighted by molar-refractivity contribution is 7.11. The number of nitrogens with one attached hydrogen (secondary N) is 1. The largest absolute Gasteiger partial charge is 0.510 e. The third kappa shape index (κ3) is 4.32. The maximum Gasteiger partial charge on any atom is 0.139 e. The van der Waals surface area contributed by atoms with E-state index in [2.05, 4.69) is 32.0 Å². The predicted octanol–water partition coefficient (Wildman–Crippen LogP) is 6.77. The van der Waals surface area contributed by atoms with E-state index in [1.54, 1.807) is 4.90 Å². The number of hydrogen-bond acceptors (Lipinski definition) is 5. The molecule has 170 valence electrons. The van der Waals surface area contributed by atoms with Crippen LogP contribution in [0.15, 0.2) is 83.9 Å². The Balaban J connectivity index is 1.34. The van der Waals surface area contributed by atoms with Gasteiger partial charge in [0.1, 0.15) is 29.0 Å². The van der Waals surface area contributed by atoms with Crippen LogP contribution in [0, 0.1) is 19.3 Å². The van der Waals surface area contributed by atoms with Crippen molar-refractivity contribution in [1.82, 2.24) is 4.98 Å². The molecule has 6 heteroatoms. The van der Waals surface area contributed by atoms with Gasteiger partial charge in [0.25, 0.3) is 0 Å². The summed E-state index contributed by atoms with van der Waals surface area (Å²) < 4.78 is 5.95. The van der Waals surface area contributed by atoms with Crippen LogP contribution in [-0.2, 0) is 6.61 Å². The molecule has 1 aliphatic rings. The molecule has 3 aromatic carbocycles. The van der Waals surface area contributed by atoms with Crippen molar-refractivity contribution in [2.75, 3.05) is 11.4 Å². The Kier molecular flexibility index (Phi) is 5.90. The van der Waals surface area contributed by atoms with E-state index in [1.165, 1.54) is 22.5 Å². The van der Waals surface area contributed by atoms with E-state index in [4.69, 9.17) is 15.1 Å². The van der Waals surface area contributed by atoms with E-state index >= 15 is 0 Å². The van der Waals surface area contributed by atoms with Gasteiger partial charge in [-0.3, -0.25) is 5.41 Å². The lowest BCUT2D eigenvalue weighted by Crippen LogP contribution is -2.26. The molecular formula is C28H25N3O2S. The highest BCUT2D eigenvalue weighted by Gasteiger charge is 2.31. The van der Waals surface area contributed by atoms with Crippen LogP contribution in [0.4, 0.5) is 5.69 Å². The summed E-state index contributed by atoms with van der Waals surface area (Å²) in [5, 5.41) is 22.2. The van der Waals surface area contributed by atoms with Crippen molar-refractivity contribution in [3.8, 4) is 17.0 Å². The van der Waals surface area contributed by atoms with Crippen molar-refractivity contribution in [3.05, 3.63) is 106 Å². The molecule has 5 nitrogen and oxygen atoms in total. The van der Waals surface area contributed by atoms with E-state index < -0.39 is 0 Å².